The lowest BCUT2D eigenvalue weighted by Crippen LogP contribution is -2.14. The molecular formula is C18H13ClN2O2. The van der Waals surface area contributed by atoms with Crippen LogP contribution in [0.5, 0.6) is 5.75 Å². The van der Waals surface area contributed by atoms with E-state index in [2.05, 4.69) is 4.98 Å². The molecule has 2 aromatic heterocycles. The summed E-state index contributed by atoms with van der Waals surface area (Å²) in [5, 5.41) is 12.8. The smallest absolute Gasteiger partial charge is 0.276 e. The molecule has 0 aliphatic heterocycles. The van der Waals surface area contributed by atoms with Gasteiger partial charge in [-0.05, 0) is 36.8 Å². The summed E-state index contributed by atoms with van der Waals surface area (Å²) >= 11 is 5.95. The molecule has 4 rings (SSSR count). The van der Waals surface area contributed by atoms with Crippen LogP contribution in [0.15, 0.2) is 53.5 Å². The first-order chi connectivity index (χ1) is 11.1. The number of pyridine rings is 1. The summed E-state index contributed by atoms with van der Waals surface area (Å²) in [7, 11) is 0. The van der Waals surface area contributed by atoms with E-state index in [4.69, 9.17) is 11.6 Å². The zero-order chi connectivity index (χ0) is 16.1. The number of nitrogens with one attached hydrogen (secondary N) is 1. The van der Waals surface area contributed by atoms with E-state index in [1.807, 2.05) is 37.4 Å². The summed E-state index contributed by atoms with van der Waals surface area (Å²) in [5.74, 6) is -0.0545. The Hall–Kier alpha value is -2.72. The van der Waals surface area contributed by atoms with Crippen molar-refractivity contribution in [1.82, 2.24) is 9.55 Å². The van der Waals surface area contributed by atoms with Gasteiger partial charge >= 0.3 is 0 Å². The second-order valence-corrected chi connectivity index (χ2v) is 5.98. The minimum absolute atomic E-state index is 0.0545. The van der Waals surface area contributed by atoms with Crippen molar-refractivity contribution < 1.29 is 5.11 Å². The molecule has 0 fully saturated rings. The van der Waals surface area contributed by atoms with Crippen molar-refractivity contribution in [2.45, 2.75) is 6.92 Å². The minimum atomic E-state index is -0.363. The van der Waals surface area contributed by atoms with Crippen molar-refractivity contribution in [2.75, 3.05) is 0 Å². The maximum atomic E-state index is 12.5. The van der Waals surface area contributed by atoms with Gasteiger partial charge in [-0.25, -0.2) is 0 Å². The van der Waals surface area contributed by atoms with Gasteiger partial charge in [0.25, 0.3) is 5.56 Å². The lowest BCUT2D eigenvalue weighted by Gasteiger charge is -2.10. The highest BCUT2D eigenvalue weighted by Gasteiger charge is 2.16. The van der Waals surface area contributed by atoms with E-state index < -0.39 is 0 Å². The maximum absolute atomic E-state index is 12.5. The first-order valence-corrected chi connectivity index (χ1v) is 7.55. The molecule has 2 aromatic carbocycles. The summed E-state index contributed by atoms with van der Waals surface area (Å²) in [6, 6.07) is 12.8. The number of aromatic amines is 1. The van der Waals surface area contributed by atoms with Crippen LogP contribution in [0.25, 0.3) is 27.5 Å². The Labute approximate surface area is 136 Å². The van der Waals surface area contributed by atoms with Gasteiger partial charge in [0.2, 0.25) is 0 Å². The normalized spacial score (nSPS) is 11.4. The van der Waals surface area contributed by atoms with Crippen molar-refractivity contribution in [3.05, 3.63) is 69.6 Å². The number of hydrogen-bond acceptors (Lipinski definition) is 2. The molecule has 5 heteroatoms. The molecule has 2 heterocycles. The largest absolute Gasteiger partial charge is 0.505 e. The van der Waals surface area contributed by atoms with Gasteiger partial charge in [0, 0.05) is 22.0 Å². The number of H-pyrrole nitrogens is 1. The summed E-state index contributed by atoms with van der Waals surface area (Å²) in [4.78, 5) is 15.3. The van der Waals surface area contributed by atoms with E-state index in [9.17, 15) is 9.90 Å². The van der Waals surface area contributed by atoms with Gasteiger partial charge < -0.3 is 14.7 Å². The van der Waals surface area contributed by atoms with E-state index in [0.29, 0.717) is 15.9 Å². The lowest BCUT2D eigenvalue weighted by molar-refractivity contribution is 0.478. The third-order valence-electron chi connectivity index (χ3n) is 4.08. The molecule has 0 radical (unpaired) electrons. The fraction of sp³-hybridized carbons (Fsp3) is 0.0556. The van der Waals surface area contributed by atoms with Crippen molar-refractivity contribution in [1.29, 1.82) is 0 Å². The summed E-state index contributed by atoms with van der Waals surface area (Å²) in [6.07, 6.45) is 1.86. The van der Waals surface area contributed by atoms with E-state index in [0.717, 1.165) is 16.5 Å². The Balaban J connectivity index is 2.13. The van der Waals surface area contributed by atoms with Gasteiger partial charge in [0.05, 0.1) is 11.0 Å². The predicted molar refractivity (Wildman–Crippen MR) is 92.8 cm³/mol. The lowest BCUT2D eigenvalue weighted by atomic mass is 10.2. The maximum Gasteiger partial charge on any atom is 0.276 e. The molecule has 4 aromatic rings. The van der Waals surface area contributed by atoms with Gasteiger partial charge in [-0.15, -0.1) is 0 Å². The van der Waals surface area contributed by atoms with Gasteiger partial charge in [-0.3, -0.25) is 4.79 Å². The number of halogens is 1. The standard InChI is InChI=1S/C18H13ClN2O2/c1-10-9-21(15-5-3-2-4-12(10)15)16-17(22)13-7-6-11(19)8-14(13)20-18(16)23/h2-9H,1H3,(H2,20,22,23). The fourth-order valence-electron chi connectivity index (χ4n) is 3.00. The average molecular weight is 325 g/mol. The molecule has 0 bridgehead atoms. The Morgan fingerprint density at radius 2 is 1.91 bits per heavy atom. The molecule has 2 N–H and O–H groups in total. The highest BCUT2D eigenvalue weighted by atomic mass is 35.5. The van der Waals surface area contributed by atoms with Crippen LogP contribution in [-0.2, 0) is 0 Å². The number of para-hydroxylation sites is 1. The predicted octanol–water partition coefficient (Wildman–Crippen LogP) is 4.14. The van der Waals surface area contributed by atoms with Crippen LogP contribution in [0.2, 0.25) is 5.02 Å². The monoisotopic (exact) mass is 324 g/mol. The molecular weight excluding hydrogens is 312 g/mol. The van der Waals surface area contributed by atoms with Gasteiger partial charge in [-0.2, -0.15) is 0 Å². The molecule has 0 unspecified atom stereocenters. The Bertz CT molecular complexity index is 1130. The molecule has 0 saturated carbocycles. The Morgan fingerprint density at radius 1 is 1.13 bits per heavy atom. The quantitative estimate of drug-likeness (QED) is 0.553. The number of aryl methyl sites for hydroxylation is 1. The third-order valence-corrected chi connectivity index (χ3v) is 4.31. The van der Waals surface area contributed by atoms with Crippen molar-refractivity contribution in [3.8, 4) is 11.4 Å². The molecule has 0 aliphatic carbocycles. The second-order valence-electron chi connectivity index (χ2n) is 5.54. The van der Waals surface area contributed by atoms with Gasteiger partial charge in [0.15, 0.2) is 11.4 Å². The van der Waals surface area contributed by atoms with Gasteiger partial charge in [0.1, 0.15) is 0 Å². The van der Waals surface area contributed by atoms with Crippen LogP contribution in [-0.4, -0.2) is 14.7 Å². The SMILES string of the molecule is Cc1cn(-c2c(O)c3ccc(Cl)cc3[nH]c2=O)c2ccccc12. The number of hydrogen-bond donors (Lipinski definition) is 2. The number of nitrogens with zero attached hydrogens (tertiary/aromatic N) is 1. The molecule has 23 heavy (non-hydrogen) atoms. The zero-order valence-electron chi connectivity index (χ0n) is 12.3. The fourth-order valence-corrected chi connectivity index (χ4v) is 3.17. The third kappa shape index (κ3) is 2.03. The second kappa shape index (κ2) is 4.89. The van der Waals surface area contributed by atoms with E-state index >= 15 is 0 Å². The molecule has 0 saturated heterocycles. The number of fused-ring (bicyclic) bond motifs is 2. The van der Waals surface area contributed by atoms with E-state index in [1.54, 1.807) is 22.8 Å². The molecule has 114 valence electrons. The number of aromatic nitrogens is 2. The highest BCUT2D eigenvalue weighted by molar-refractivity contribution is 6.31. The van der Waals surface area contributed by atoms with Crippen molar-refractivity contribution in [2.24, 2.45) is 0 Å². The zero-order valence-corrected chi connectivity index (χ0v) is 13.1. The highest BCUT2D eigenvalue weighted by Crippen LogP contribution is 2.32. The first-order valence-electron chi connectivity index (χ1n) is 7.18. The topological polar surface area (TPSA) is 58.0 Å². The Morgan fingerprint density at radius 3 is 2.74 bits per heavy atom. The molecule has 0 atom stereocenters. The van der Waals surface area contributed by atoms with Crippen LogP contribution >= 0.6 is 11.6 Å². The number of aromatic hydroxyl groups is 1. The molecule has 4 nitrogen and oxygen atoms in total. The van der Waals surface area contributed by atoms with E-state index in [1.165, 1.54) is 0 Å². The summed E-state index contributed by atoms with van der Waals surface area (Å²) in [6.45, 7) is 1.98. The number of rotatable bonds is 1. The average Bonchev–Trinajstić information content (AvgIpc) is 2.84. The minimum Gasteiger partial charge on any atom is -0.505 e. The van der Waals surface area contributed by atoms with Crippen LogP contribution in [0.3, 0.4) is 0 Å². The molecule has 0 aliphatic rings. The van der Waals surface area contributed by atoms with Crippen LogP contribution in [0.4, 0.5) is 0 Å². The number of benzene rings is 2. The van der Waals surface area contributed by atoms with Crippen molar-refractivity contribution in [3.63, 3.8) is 0 Å². The van der Waals surface area contributed by atoms with Crippen molar-refractivity contribution >= 4 is 33.4 Å². The van der Waals surface area contributed by atoms with Gasteiger partial charge in [-0.1, -0.05) is 29.8 Å². The first kappa shape index (κ1) is 13.9. The van der Waals surface area contributed by atoms with Crippen LogP contribution < -0.4 is 5.56 Å². The molecule has 0 amide bonds. The summed E-state index contributed by atoms with van der Waals surface area (Å²) in [5.41, 5.74) is 2.27. The van der Waals surface area contributed by atoms with E-state index in [-0.39, 0.29) is 17.0 Å². The Kier molecular flexibility index (Phi) is 2.96. The van der Waals surface area contributed by atoms with Crippen LogP contribution in [0, 0.1) is 6.92 Å². The summed E-state index contributed by atoms with van der Waals surface area (Å²) < 4.78 is 1.73. The molecule has 0 spiro atoms. The van der Waals surface area contributed by atoms with Crippen LogP contribution in [0.1, 0.15) is 5.56 Å².